The Morgan fingerprint density at radius 3 is 2.29 bits per heavy atom. The first-order valence-electron chi connectivity index (χ1n) is 5.40. The first-order valence-corrected chi connectivity index (χ1v) is 5.40. The van der Waals surface area contributed by atoms with Crippen molar-refractivity contribution in [3.63, 3.8) is 0 Å². The smallest absolute Gasteiger partial charge is 0.392 e. The Bertz CT molecular complexity index is 333. The minimum absolute atomic E-state index is 0.376. The second-order valence-corrected chi connectivity index (χ2v) is 3.71. The van der Waals surface area contributed by atoms with E-state index in [1.807, 2.05) is 6.92 Å². The van der Waals surface area contributed by atoms with Crippen LogP contribution in [0.4, 0.5) is 13.2 Å². The summed E-state index contributed by atoms with van der Waals surface area (Å²) in [5, 5.41) is 9.51. The summed E-state index contributed by atoms with van der Waals surface area (Å²) in [7, 11) is 0. The molecule has 5 heteroatoms. The lowest BCUT2D eigenvalue weighted by atomic mass is 10.1. The fourth-order valence-corrected chi connectivity index (χ4v) is 1.31. The van der Waals surface area contributed by atoms with Crippen molar-refractivity contribution >= 4 is 0 Å². The van der Waals surface area contributed by atoms with Crippen molar-refractivity contribution in [3.05, 3.63) is 29.8 Å². The highest BCUT2D eigenvalue weighted by molar-refractivity contribution is 5.28. The van der Waals surface area contributed by atoms with Gasteiger partial charge in [-0.25, -0.2) is 0 Å². The fraction of sp³-hybridized carbons (Fsp3) is 0.500. The van der Waals surface area contributed by atoms with Crippen molar-refractivity contribution in [2.75, 3.05) is 6.61 Å². The molecule has 0 radical (unpaired) electrons. The van der Waals surface area contributed by atoms with Crippen LogP contribution in [0.2, 0.25) is 0 Å². The highest BCUT2D eigenvalue weighted by Crippen LogP contribution is 2.22. The molecule has 0 bridgehead atoms. The molecule has 0 aliphatic heterocycles. The zero-order chi connectivity index (χ0) is 12.9. The van der Waals surface area contributed by atoms with Gasteiger partial charge in [0.05, 0.1) is 19.1 Å². The Morgan fingerprint density at radius 2 is 1.82 bits per heavy atom. The van der Waals surface area contributed by atoms with E-state index in [4.69, 9.17) is 4.74 Å². The molecule has 0 aliphatic carbocycles. The monoisotopic (exact) mass is 248 g/mol. The van der Waals surface area contributed by atoms with Gasteiger partial charge in [0.15, 0.2) is 0 Å². The van der Waals surface area contributed by atoms with Gasteiger partial charge in [-0.15, -0.1) is 0 Å². The van der Waals surface area contributed by atoms with E-state index < -0.39 is 18.7 Å². The lowest BCUT2D eigenvalue weighted by Gasteiger charge is -2.11. The molecule has 2 nitrogen and oxygen atoms in total. The third kappa shape index (κ3) is 5.08. The summed E-state index contributed by atoms with van der Waals surface area (Å²) in [6.45, 7) is 1.46. The van der Waals surface area contributed by atoms with Gasteiger partial charge in [-0.3, -0.25) is 0 Å². The fourth-order valence-electron chi connectivity index (χ4n) is 1.31. The number of hydrogen-bond donors (Lipinski definition) is 1. The number of aliphatic hydroxyl groups excluding tert-OH is 1. The Morgan fingerprint density at radius 1 is 1.24 bits per heavy atom. The van der Waals surface area contributed by atoms with Crippen LogP contribution in [0.5, 0.6) is 5.75 Å². The molecule has 0 spiro atoms. The first-order chi connectivity index (χ1) is 7.92. The quantitative estimate of drug-likeness (QED) is 0.864. The van der Waals surface area contributed by atoms with Crippen molar-refractivity contribution in [2.45, 2.75) is 32.0 Å². The number of aliphatic hydroxyl groups is 1. The van der Waals surface area contributed by atoms with Crippen LogP contribution in [0.3, 0.4) is 0 Å². The highest BCUT2D eigenvalue weighted by atomic mass is 19.4. The Hall–Kier alpha value is -1.23. The maximum Gasteiger partial charge on any atom is 0.392 e. The predicted octanol–water partition coefficient (Wildman–Crippen LogP) is 3.46. The van der Waals surface area contributed by atoms with Crippen LogP contribution < -0.4 is 4.74 Å². The third-order valence-corrected chi connectivity index (χ3v) is 2.31. The van der Waals surface area contributed by atoms with E-state index in [0.717, 1.165) is 5.56 Å². The first kappa shape index (κ1) is 13.8. The average Bonchev–Trinajstić information content (AvgIpc) is 2.27. The number of hydrogen-bond acceptors (Lipinski definition) is 2. The van der Waals surface area contributed by atoms with E-state index in [0.29, 0.717) is 12.2 Å². The van der Waals surface area contributed by atoms with Crippen LogP contribution in [0.15, 0.2) is 24.3 Å². The molecule has 1 aromatic carbocycles. The number of benzene rings is 1. The second-order valence-electron chi connectivity index (χ2n) is 3.71. The third-order valence-electron chi connectivity index (χ3n) is 2.31. The van der Waals surface area contributed by atoms with Gasteiger partial charge in [0.1, 0.15) is 5.75 Å². The lowest BCUT2D eigenvalue weighted by Crippen LogP contribution is -2.13. The second kappa shape index (κ2) is 5.91. The molecule has 0 amide bonds. The molecular weight excluding hydrogens is 233 g/mol. The van der Waals surface area contributed by atoms with Crippen LogP contribution in [0.25, 0.3) is 0 Å². The van der Waals surface area contributed by atoms with Crippen LogP contribution in [-0.2, 0) is 0 Å². The van der Waals surface area contributed by atoms with Crippen LogP contribution >= 0.6 is 0 Å². The zero-order valence-corrected chi connectivity index (χ0v) is 9.50. The molecule has 1 aromatic rings. The van der Waals surface area contributed by atoms with E-state index in [-0.39, 0.29) is 6.61 Å². The van der Waals surface area contributed by atoms with E-state index in [9.17, 15) is 18.3 Å². The van der Waals surface area contributed by atoms with Crippen LogP contribution in [0.1, 0.15) is 31.4 Å². The predicted molar refractivity (Wildman–Crippen MR) is 57.9 cm³/mol. The van der Waals surface area contributed by atoms with Crippen molar-refractivity contribution in [1.82, 2.24) is 0 Å². The molecule has 1 N–H and O–H groups in total. The van der Waals surface area contributed by atoms with Gasteiger partial charge >= 0.3 is 6.18 Å². The van der Waals surface area contributed by atoms with Gasteiger partial charge < -0.3 is 9.84 Å². The summed E-state index contributed by atoms with van der Waals surface area (Å²) >= 11 is 0. The van der Waals surface area contributed by atoms with Gasteiger partial charge in [-0.05, 0) is 24.1 Å². The normalized spacial score (nSPS) is 13.5. The number of alkyl halides is 3. The molecule has 0 unspecified atom stereocenters. The van der Waals surface area contributed by atoms with E-state index in [1.54, 1.807) is 24.3 Å². The molecule has 1 rings (SSSR count). The van der Waals surface area contributed by atoms with Gasteiger partial charge in [0.25, 0.3) is 0 Å². The van der Waals surface area contributed by atoms with Crippen molar-refractivity contribution in [2.24, 2.45) is 0 Å². The minimum Gasteiger partial charge on any atom is -0.493 e. The molecule has 17 heavy (non-hydrogen) atoms. The molecule has 0 fully saturated rings. The summed E-state index contributed by atoms with van der Waals surface area (Å²) in [5.74, 6) is 0.376. The molecule has 0 saturated carbocycles. The van der Waals surface area contributed by atoms with Gasteiger partial charge in [-0.1, -0.05) is 19.1 Å². The van der Waals surface area contributed by atoms with E-state index in [1.165, 1.54) is 0 Å². The van der Waals surface area contributed by atoms with E-state index in [2.05, 4.69) is 0 Å². The molecule has 1 atom stereocenters. The number of ether oxygens (including phenoxy) is 1. The zero-order valence-electron chi connectivity index (χ0n) is 9.50. The number of rotatable bonds is 5. The molecule has 0 saturated heterocycles. The topological polar surface area (TPSA) is 29.5 Å². The lowest BCUT2D eigenvalue weighted by molar-refractivity contribution is -0.139. The minimum atomic E-state index is -4.20. The molecule has 0 aromatic heterocycles. The van der Waals surface area contributed by atoms with Gasteiger partial charge in [-0.2, -0.15) is 13.2 Å². The molecule has 96 valence electrons. The largest absolute Gasteiger partial charge is 0.493 e. The number of halogens is 3. The van der Waals surface area contributed by atoms with Crippen molar-refractivity contribution in [3.8, 4) is 5.75 Å². The Labute approximate surface area is 98.0 Å². The highest BCUT2D eigenvalue weighted by Gasteiger charge is 2.26. The summed E-state index contributed by atoms with van der Waals surface area (Å²) in [6, 6.07) is 6.42. The summed E-state index contributed by atoms with van der Waals surface area (Å²) < 4.78 is 40.5. The summed E-state index contributed by atoms with van der Waals surface area (Å²) in [4.78, 5) is 0. The maximum absolute atomic E-state index is 11.9. The van der Waals surface area contributed by atoms with Crippen molar-refractivity contribution < 1.29 is 23.0 Å². The van der Waals surface area contributed by atoms with Gasteiger partial charge in [0, 0.05) is 0 Å². The Kier molecular flexibility index (Phi) is 4.81. The van der Waals surface area contributed by atoms with E-state index >= 15 is 0 Å². The SMILES string of the molecule is CC[C@H](O)c1ccc(OCCC(F)(F)F)cc1. The average molecular weight is 248 g/mol. The molecular formula is C12H15F3O2. The molecule has 0 heterocycles. The maximum atomic E-state index is 11.9. The summed E-state index contributed by atoms with van der Waals surface area (Å²) in [5.41, 5.74) is 0.732. The van der Waals surface area contributed by atoms with Crippen molar-refractivity contribution in [1.29, 1.82) is 0 Å². The van der Waals surface area contributed by atoms with Gasteiger partial charge in [0.2, 0.25) is 0 Å². The van der Waals surface area contributed by atoms with Crippen LogP contribution in [-0.4, -0.2) is 17.9 Å². The standard InChI is InChI=1S/C12H15F3O2/c1-2-11(16)9-3-5-10(6-4-9)17-8-7-12(13,14)15/h3-6,11,16H,2,7-8H2,1H3/t11-/m0/s1. The summed E-state index contributed by atoms with van der Waals surface area (Å²) in [6.07, 6.45) is -5.11. The van der Waals surface area contributed by atoms with Crippen LogP contribution in [0, 0.1) is 0 Å². The Balaban J connectivity index is 2.46. The molecule has 0 aliphatic rings.